The lowest BCUT2D eigenvalue weighted by Gasteiger charge is -2.42. The van der Waals surface area contributed by atoms with Crippen LogP contribution in [0.25, 0.3) is 0 Å². The van der Waals surface area contributed by atoms with Gasteiger partial charge in [-0.25, -0.2) is 0 Å². The van der Waals surface area contributed by atoms with Crippen molar-refractivity contribution in [3.63, 3.8) is 0 Å². The van der Waals surface area contributed by atoms with Gasteiger partial charge in [-0.1, -0.05) is 60.1 Å². The smallest absolute Gasteiger partial charge is 0.0176 e. The molecule has 0 bridgehead atoms. The first-order valence-electron chi connectivity index (χ1n) is 10.6. The molecule has 0 N–H and O–H groups in total. The summed E-state index contributed by atoms with van der Waals surface area (Å²) in [6.07, 6.45) is 11.7. The Balaban J connectivity index is 2.91. The maximum Gasteiger partial charge on any atom is 0.0176 e. The van der Waals surface area contributed by atoms with Crippen molar-refractivity contribution in [3.8, 4) is 0 Å². The highest BCUT2D eigenvalue weighted by atomic mass is 15.2. The van der Waals surface area contributed by atoms with Crippen LogP contribution in [-0.2, 0) is 0 Å². The fraction of sp³-hybridized carbons (Fsp3) is 0.913. The SMILES string of the molecule is CCC(C)C1C=CCCN(C(C)(C)C(C)C)CCCC(C(C)C)C1. The van der Waals surface area contributed by atoms with Gasteiger partial charge < -0.3 is 0 Å². The van der Waals surface area contributed by atoms with E-state index in [0.717, 1.165) is 23.7 Å². The molecule has 24 heavy (non-hydrogen) atoms. The molecule has 1 aliphatic rings. The zero-order valence-corrected chi connectivity index (χ0v) is 17.9. The highest BCUT2D eigenvalue weighted by Gasteiger charge is 2.30. The molecular weight excluding hydrogens is 290 g/mol. The molecule has 1 rings (SSSR count). The van der Waals surface area contributed by atoms with Gasteiger partial charge in [0.25, 0.3) is 0 Å². The lowest BCUT2D eigenvalue weighted by atomic mass is 9.78. The van der Waals surface area contributed by atoms with E-state index in [9.17, 15) is 0 Å². The van der Waals surface area contributed by atoms with Gasteiger partial charge in [-0.15, -0.1) is 0 Å². The average molecular weight is 336 g/mol. The third-order valence-electron chi connectivity index (χ3n) is 7.07. The van der Waals surface area contributed by atoms with E-state index in [1.165, 1.54) is 45.2 Å². The van der Waals surface area contributed by atoms with E-state index in [0.29, 0.717) is 11.5 Å². The Bertz CT molecular complexity index is 366. The van der Waals surface area contributed by atoms with Crippen molar-refractivity contribution in [1.82, 2.24) is 4.90 Å². The first kappa shape index (κ1) is 21.7. The fourth-order valence-corrected chi connectivity index (χ4v) is 3.98. The number of hydrogen-bond acceptors (Lipinski definition) is 1. The zero-order valence-electron chi connectivity index (χ0n) is 17.9. The summed E-state index contributed by atoms with van der Waals surface area (Å²) in [5, 5.41) is 0. The van der Waals surface area contributed by atoms with Crippen molar-refractivity contribution in [2.24, 2.45) is 29.6 Å². The van der Waals surface area contributed by atoms with Crippen LogP contribution >= 0.6 is 0 Å². The first-order valence-corrected chi connectivity index (χ1v) is 10.6. The number of rotatable bonds is 5. The third kappa shape index (κ3) is 6.21. The molecule has 1 heterocycles. The second kappa shape index (κ2) is 10.00. The van der Waals surface area contributed by atoms with E-state index in [-0.39, 0.29) is 0 Å². The fourth-order valence-electron chi connectivity index (χ4n) is 3.98. The summed E-state index contributed by atoms with van der Waals surface area (Å²) in [5.74, 6) is 3.95. The van der Waals surface area contributed by atoms with Crippen LogP contribution in [0.2, 0.25) is 0 Å². The molecule has 0 saturated heterocycles. The Hall–Kier alpha value is -0.300. The standard InChI is InChI=1S/C23H45N/c1-9-20(6)22-13-10-11-15-24(23(7,8)19(4)5)16-12-14-21(17-22)18(2)3/h10,13,18-22H,9,11-12,14-17H2,1-8H3. The summed E-state index contributed by atoms with van der Waals surface area (Å²) in [7, 11) is 0. The molecule has 1 aliphatic heterocycles. The highest BCUT2D eigenvalue weighted by Crippen LogP contribution is 2.33. The molecule has 0 aromatic heterocycles. The second-order valence-corrected chi connectivity index (χ2v) is 9.44. The van der Waals surface area contributed by atoms with Gasteiger partial charge in [0.15, 0.2) is 0 Å². The molecular formula is C23H45N. The Kier molecular flexibility index (Phi) is 9.06. The molecule has 0 spiro atoms. The number of hydrogen-bond donors (Lipinski definition) is 0. The summed E-state index contributed by atoms with van der Waals surface area (Å²) in [6, 6.07) is 0. The van der Waals surface area contributed by atoms with Crippen molar-refractivity contribution in [2.45, 2.75) is 93.0 Å². The highest BCUT2D eigenvalue weighted by molar-refractivity contribution is 4.94. The van der Waals surface area contributed by atoms with Crippen LogP contribution in [0.3, 0.4) is 0 Å². The monoisotopic (exact) mass is 335 g/mol. The van der Waals surface area contributed by atoms with Crippen molar-refractivity contribution in [1.29, 1.82) is 0 Å². The molecule has 0 aliphatic carbocycles. The Morgan fingerprint density at radius 3 is 2.29 bits per heavy atom. The van der Waals surface area contributed by atoms with E-state index in [2.05, 4.69) is 72.4 Å². The van der Waals surface area contributed by atoms with E-state index in [1.54, 1.807) is 0 Å². The normalized spacial score (nSPS) is 26.6. The number of nitrogens with zero attached hydrogens (tertiary/aromatic N) is 1. The largest absolute Gasteiger partial charge is 0.298 e. The van der Waals surface area contributed by atoms with E-state index >= 15 is 0 Å². The summed E-state index contributed by atoms with van der Waals surface area (Å²) in [4.78, 5) is 2.75. The van der Waals surface area contributed by atoms with Crippen molar-refractivity contribution in [2.75, 3.05) is 13.1 Å². The summed E-state index contributed by atoms with van der Waals surface area (Å²) >= 11 is 0. The van der Waals surface area contributed by atoms with Crippen LogP contribution < -0.4 is 0 Å². The Morgan fingerprint density at radius 1 is 1.08 bits per heavy atom. The molecule has 142 valence electrons. The molecule has 0 fully saturated rings. The van der Waals surface area contributed by atoms with Crippen molar-refractivity contribution in [3.05, 3.63) is 12.2 Å². The van der Waals surface area contributed by atoms with Gasteiger partial charge in [-0.3, -0.25) is 4.90 Å². The zero-order chi connectivity index (χ0) is 18.3. The maximum absolute atomic E-state index is 2.75. The van der Waals surface area contributed by atoms with Crippen LogP contribution in [0, 0.1) is 29.6 Å². The van der Waals surface area contributed by atoms with Crippen LogP contribution in [0.5, 0.6) is 0 Å². The van der Waals surface area contributed by atoms with Gasteiger partial charge in [-0.2, -0.15) is 0 Å². The molecule has 1 nitrogen and oxygen atoms in total. The lowest BCUT2D eigenvalue weighted by molar-refractivity contribution is 0.0738. The topological polar surface area (TPSA) is 3.24 Å². The summed E-state index contributed by atoms with van der Waals surface area (Å²) in [6.45, 7) is 21.7. The van der Waals surface area contributed by atoms with Crippen molar-refractivity contribution < 1.29 is 0 Å². The second-order valence-electron chi connectivity index (χ2n) is 9.44. The van der Waals surface area contributed by atoms with Gasteiger partial charge in [0, 0.05) is 12.1 Å². The lowest BCUT2D eigenvalue weighted by Crippen LogP contribution is -2.48. The minimum absolute atomic E-state index is 0.297. The molecule has 0 aromatic carbocycles. The Labute approximate surface area is 153 Å². The average Bonchev–Trinajstić information content (AvgIpc) is 2.57. The van der Waals surface area contributed by atoms with Crippen LogP contribution in [0.15, 0.2) is 12.2 Å². The van der Waals surface area contributed by atoms with Gasteiger partial charge in [0.05, 0.1) is 0 Å². The van der Waals surface area contributed by atoms with Gasteiger partial charge in [-0.05, 0) is 75.7 Å². The minimum atomic E-state index is 0.297. The quantitative estimate of drug-likeness (QED) is 0.500. The predicted molar refractivity (Wildman–Crippen MR) is 109 cm³/mol. The van der Waals surface area contributed by atoms with Crippen LogP contribution in [-0.4, -0.2) is 23.5 Å². The van der Waals surface area contributed by atoms with Gasteiger partial charge in [0.2, 0.25) is 0 Å². The molecule has 3 atom stereocenters. The number of allylic oxidation sites excluding steroid dienone is 1. The predicted octanol–water partition coefficient (Wildman–Crippen LogP) is 6.79. The summed E-state index contributed by atoms with van der Waals surface area (Å²) < 4.78 is 0. The van der Waals surface area contributed by atoms with Crippen LogP contribution in [0.4, 0.5) is 0 Å². The van der Waals surface area contributed by atoms with E-state index in [1.807, 2.05) is 0 Å². The molecule has 0 saturated carbocycles. The van der Waals surface area contributed by atoms with Crippen LogP contribution in [0.1, 0.15) is 87.5 Å². The third-order valence-corrected chi connectivity index (χ3v) is 7.07. The molecule has 0 aromatic rings. The maximum atomic E-state index is 2.75. The molecule has 1 heteroatoms. The van der Waals surface area contributed by atoms with Gasteiger partial charge in [0.1, 0.15) is 0 Å². The molecule has 0 radical (unpaired) electrons. The minimum Gasteiger partial charge on any atom is -0.298 e. The van der Waals surface area contributed by atoms with Crippen molar-refractivity contribution >= 4 is 0 Å². The first-order chi connectivity index (χ1) is 11.2. The Morgan fingerprint density at radius 2 is 1.75 bits per heavy atom. The van der Waals surface area contributed by atoms with E-state index in [4.69, 9.17) is 0 Å². The summed E-state index contributed by atoms with van der Waals surface area (Å²) in [5.41, 5.74) is 0.297. The van der Waals surface area contributed by atoms with Gasteiger partial charge >= 0.3 is 0 Å². The molecule has 0 amide bonds. The van der Waals surface area contributed by atoms with E-state index < -0.39 is 0 Å². The molecule has 3 unspecified atom stereocenters.